The number of hydrogen-bond donors (Lipinski definition) is 3. The van der Waals surface area contributed by atoms with Crippen LogP contribution in [0.4, 0.5) is 4.39 Å². The summed E-state index contributed by atoms with van der Waals surface area (Å²) >= 11 is 0. The number of rotatable bonds is 11. The van der Waals surface area contributed by atoms with Crippen LogP contribution in [0, 0.1) is 11.7 Å². The molecule has 0 fully saturated rings. The Bertz CT molecular complexity index is 804. The molecule has 0 aliphatic carbocycles. The fourth-order valence-corrected chi connectivity index (χ4v) is 3.09. The van der Waals surface area contributed by atoms with Gasteiger partial charge in [0.15, 0.2) is 11.6 Å². The first-order valence-electron chi connectivity index (χ1n) is 9.66. The summed E-state index contributed by atoms with van der Waals surface area (Å²) in [5, 5.41) is 30.1. The fourth-order valence-electron chi connectivity index (χ4n) is 3.09. The average Bonchev–Trinajstić information content (AvgIpc) is 2.70. The van der Waals surface area contributed by atoms with E-state index in [0.29, 0.717) is 25.0 Å². The van der Waals surface area contributed by atoms with Gasteiger partial charge in [0.1, 0.15) is 0 Å². The van der Waals surface area contributed by atoms with Gasteiger partial charge in [-0.15, -0.1) is 6.58 Å². The summed E-state index contributed by atoms with van der Waals surface area (Å²) in [6.45, 7) is 6.11. The van der Waals surface area contributed by atoms with E-state index in [1.165, 1.54) is 12.1 Å². The number of phenolic OH excluding ortho intramolecular Hbond substituents is 1. The number of halogens is 1. The van der Waals surface area contributed by atoms with Crippen LogP contribution in [-0.2, 0) is 11.3 Å². The Labute approximate surface area is 171 Å². The van der Waals surface area contributed by atoms with Gasteiger partial charge in [-0.25, -0.2) is 4.39 Å². The van der Waals surface area contributed by atoms with Crippen molar-refractivity contribution in [2.45, 2.75) is 38.6 Å². The lowest BCUT2D eigenvalue weighted by Gasteiger charge is -2.25. The minimum atomic E-state index is -0.860. The van der Waals surface area contributed by atoms with Crippen LogP contribution in [0.3, 0.4) is 0 Å². The molecule has 3 N–H and O–H groups in total. The molecule has 0 amide bonds. The van der Waals surface area contributed by atoms with Crippen molar-refractivity contribution in [3.8, 4) is 5.75 Å². The zero-order valence-electron chi connectivity index (χ0n) is 16.7. The molecule has 0 aliphatic rings. The molecule has 0 saturated carbocycles. The average molecular weight is 400 g/mol. The molecule has 0 saturated heterocycles. The second-order valence-corrected chi connectivity index (χ2v) is 7.19. The van der Waals surface area contributed by atoms with Gasteiger partial charge < -0.3 is 20.1 Å². The van der Waals surface area contributed by atoms with Crippen molar-refractivity contribution >= 4 is 6.08 Å². The maximum absolute atomic E-state index is 13.4. The minimum absolute atomic E-state index is 0.101. The van der Waals surface area contributed by atoms with E-state index in [1.807, 2.05) is 37.3 Å². The second kappa shape index (κ2) is 11.5. The molecule has 2 aromatic rings. The van der Waals surface area contributed by atoms with Gasteiger partial charge in [0, 0.05) is 5.92 Å². The molecule has 3 atom stereocenters. The molecule has 29 heavy (non-hydrogen) atoms. The molecule has 2 aromatic carbocycles. The lowest BCUT2D eigenvalue weighted by molar-refractivity contribution is -0.0273. The highest BCUT2D eigenvalue weighted by atomic mass is 19.1. The van der Waals surface area contributed by atoms with Crippen LogP contribution in [0.25, 0.3) is 6.08 Å². The number of phenols is 1. The highest BCUT2D eigenvalue weighted by molar-refractivity contribution is 5.53. The van der Waals surface area contributed by atoms with Crippen molar-refractivity contribution in [3.05, 3.63) is 83.7 Å². The van der Waals surface area contributed by atoms with E-state index in [2.05, 4.69) is 6.58 Å². The lowest BCUT2D eigenvalue weighted by atomic mass is 9.91. The van der Waals surface area contributed by atoms with Crippen molar-refractivity contribution in [2.24, 2.45) is 5.92 Å². The molecular weight excluding hydrogens is 371 g/mol. The van der Waals surface area contributed by atoms with Crippen molar-refractivity contribution in [1.29, 1.82) is 0 Å². The van der Waals surface area contributed by atoms with Crippen molar-refractivity contribution in [1.82, 2.24) is 0 Å². The number of aromatic hydroxyl groups is 1. The molecule has 156 valence electrons. The van der Waals surface area contributed by atoms with E-state index in [1.54, 1.807) is 18.2 Å². The number of hydrogen-bond acceptors (Lipinski definition) is 4. The summed E-state index contributed by atoms with van der Waals surface area (Å²) < 4.78 is 19.0. The molecule has 0 radical (unpaired) electrons. The number of ether oxygens (including phenoxy) is 1. The molecule has 0 aliphatic heterocycles. The van der Waals surface area contributed by atoms with Gasteiger partial charge in [0.25, 0.3) is 0 Å². The Balaban J connectivity index is 1.82. The molecule has 0 spiro atoms. The quantitative estimate of drug-likeness (QED) is 0.487. The smallest absolute Gasteiger partial charge is 0.165 e. The number of aliphatic hydroxyl groups is 2. The highest BCUT2D eigenvalue weighted by Crippen LogP contribution is 2.22. The van der Waals surface area contributed by atoms with Crippen LogP contribution < -0.4 is 0 Å². The molecule has 0 aromatic heterocycles. The SMILES string of the molecule is C=C[C@H]([C@H](O)CC/C(C)=C/c1ccc(O)c(F)c1)[C@H](O)COCc1ccccc1. The molecule has 4 nitrogen and oxygen atoms in total. The van der Waals surface area contributed by atoms with Gasteiger partial charge in [0.05, 0.1) is 25.4 Å². The van der Waals surface area contributed by atoms with Gasteiger partial charge in [-0.2, -0.15) is 0 Å². The lowest BCUT2D eigenvalue weighted by Crippen LogP contribution is -2.33. The Morgan fingerprint density at radius 3 is 2.52 bits per heavy atom. The summed E-state index contributed by atoms with van der Waals surface area (Å²) in [5.41, 5.74) is 2.61. The summed E-state index contributed by atoms with van der Waals surface area (Å²) in [6.07, 6.45) is 2.72. The van der Waals surface area contributed by atoms with Crippen LogP contribution in [0.5, 0.6) is 5.75 Å². The van der Waals surface area contributed by atoms with Crippen LogP contribution in [-0.4, -0.2) is 34.1 Å². The first kappa shape index (κ1) is 22.8. The van der Waals surface area contributed by atoms with Gasteiger partial charge in [-0.05, 0) is 43.0 Å². The van der Waals surface area contributed by atoms with Crippen LogP contribution in [0.15, 0.2) is 66.8 Å². The first-order valence-corrected chi connectivity index (χ1v) is 9.66. The van der Waals surface area contributed by atoms with Crippen molar-refractivity contribution < 1.29 is 24.4 Å². The maximum atomic E-state index is 13.4. The summed E-state index contributed by atoms with van der Waals surface area (Å²) in [6, 6.07) is 13.9. The van der Waals surface area contributed by atoms with Gasteiger partial charge in [-0.3, -0.25) is 0 Å². The Morgan fingerprint density at radius 2 is 1.86 bits per heavy atom. The molecular formula is C24H29FO4. The summed E-state index contributed by atoms with van der Waals surface area (Å²) in [5.74, 6) is -1.56. The van der Waals surface area contributed by atoms with E-state index < -0.39 is 23.9 Å². The van der Waals surface area contributed by atoms with Gasteiger partial charge in [-0.1, -0.05) is 54.1 Å². The number of allylic oxidation sites excluding steroid dienone is 1. The largest absolute Gasteiger partial charge is 0.505 e. The normalized spacial score (nSPS) is 15.0. The van der Waals surface area contributed by atoms with Crippen LogP contribution >= 0.6 is 0 Å². The van der Waals surface area contributed by atoms with E-state index >= 15 is 0 Å². The van der Waals surface area contributed by atoms with E-state index in [9.17, 15) is 19.7 Å². The van der Waals surface area contributed by atoms with Gasteiger partial charge >= 0.3 is 0 Å². The monoisotopic (exact) mass is 400 g/mol. The predicted molar refractivity (Wildman–Crippen MR) is 113 cm³/mol. The van der Waals surface area contributed by atoms with Gasteiger partial charge in [0.2, 0.25) is 0 Å². The number of benzene rings is 2. The third-order valence-electron chi connectivity index (χ3n) is 4.78. The van der Waals surface area contributed by atoms with E-state index in [-0.39, 0.29) is 12.4 Å². The maximum Gasteiger partial charge on any atom is 0.165 e. The van der Waals surface area contributed by atoms with Crippen LogP contribution in [0.2, 0.25) is 0 Å². The zero-order valence-corrected chi connectivity index (χ0v) is 16.7. The number of aliphatic hydroxyl groups excluding tert-OH is 2. The fraction of sp³-hybridized carbons (Fsp3) is 0.333. The minimum Gasteiger partial charge on any atom is -0.505 e. The van der Waals surface area contributed by atoms with E-state index in [0.717, 1.165) is 11.1 Å². The summed E-state index contributed by atoms with van der Waals surface area (Å²) in [4.78, 5) is 0. The molecule has 0 unspecified atom stereocenters. The molecule has 0 heterocycles. The van der Waals surface area contributed by atoms with Crippen molar-refractivity contribution in [3.63, 3.8) is 0 Å². The Morgan fingerprint density at radius 1 is 1.14 bits per heavy atom. The van der Waals surface area contributed by atoms with E-state index in [4.69, 9.17) is 4.74 Å². The third kappa shape index (κ3) is 7.46. The zero-order chi connectivity index (χ0) is 21.2. The first-order chi connectivity index (χ1) is 13.9. The highest BCUT2D eigenvalue weighted by Gasteiger charge is 2.24. The molecule has 2 rings (SSSR count). The molecule has 5 heteroatoms. The Kier molecular flexibility index (Phi) is 9.06. The molecule has 0 bridgehead atoms. The Hall–Kier alpha value is -2.47. The topological polar surface area (TPSA) is 69.9 Å². The van der Waals surface area contributed by atoms with Crippen LogP contribution in [0.1, 0.15) is 30.9 Å². The predicted octanol–water partition coefficient (Wildman–Crippen LogP) is 4.46. The van der Waals surface area contributed by atoms with Crippen molar-refractivity contribution in [2.75, 3.05) is 6.61 Å². The third-order valence-corrected chi connectivity index (χ3v) is 4.78. The summed E-state index contributed by atoms with van der Waals surface area (Å²) in [7, 11) is 0. The second-order valence-electron chi connectivity index (χ2n) is 7.19. The standard InChI is InChI=1S/C24H29FO4/c1-3-20(24(28)16-29-15-18-7-5-4-6-8-18)22(26)11-9-17(2)13-19-10-12-23(27)21(25)14-19/h3-8,10,12-14,20,22,24,26-28H,1,9,11,15-16H2,2H3/b17-13+/t20-,22-,24-/m1/s1.